The van der Waals surface area contributed by atoms with Crippen molar-refractivity contribution in [2.75, 3.05) is 19.5 Å². The number of pyridine rings is 2. The molecule has 140 valence electrons. The Hall–Kier alpha value is -3.68. The van der Waals surface area contributed by atoms with E-state index in [4.69, 9.17) is 4.74 Å². The van der Waals surface area contributed by atoms with Gasteiger partial charge in [-0.2, -0.15) is 4.39 Å². The van der Waals surface area contributed by atoms with Gasteiger partial charge in [0.2, 0.25) is 5.95 Å². The van der Waals surface area contributed by atoms with Crippen molar-refractivity contribution in [1.29, 1.82) is 0 Å². The molecule has 6 nitrogen and oxygen atoms in total. The van der Waals surface area contributed by atoms with E-state index in [0.717, 1.165) is 17.8 Å². The van der Waals surface area contributed by atoms with Crippen LogP contribution in [0.1, 0.15) is 0 Å². The van der Waals surface area contributed by atoms with Crippen LogP contribution in [0.5, 0.6) is 5.75 Å². The number of anilines is 1. The molecule has 0 unspecified atom stereocenters. The molecule has 0 spiro atoms. The maximum atomic E-state index is 14.2. The molecule has 1 aromatic carbocycles. The fourth-order valence-electron chi connectivity index (χ4n) is 2.95. The molecule has 0 fully saturated rings. The summed E-state index contributed by atoms with van der Waals surface area (Å²) in [7, 11) is 3.21. The van der Waals surface area contributed by atoms with Crippen molar-refractivity contribution < 1.29 is 13.5 Å². The quantitative estimate of drug-likeness (QED) is 0.539. The Kier molecular flexibility index (Phi) is 4.52. The highest BCUT2D eigenvalue weighted by Crippen LogP contribution is 2.36. The molecule has 0 saturated carbocycles. The second-order valence-electron chi connectivity index (χ2n) is 5.95. The Balaban J connectivity index is 1.99. The summed E-state index contributed by atoms with van der Waals surface area (Å²) < 4.78 is 33.3. The molecule has 4 rings (SSSR count). The second-order valence-corrected chi connectivity index (χ2v) is 5.95. The third-order valence-corrected chi connectivity index (χ3v) is 4.26. The van der Waals surface area contributed by atoms with E-state index in [0.29, 0.717) is 33.9 Å². The fourth-order valence-corrected chi connectivity index (χ4v) is 2.95. The van der Waals surface area contributed by atoms with Crippen molar-refractivity contribution in [3.05, 3.63) is 60.7 Å². The molecular formula is C20H15F2N5O. The van der Waals surface area contributed by atoms with Crippen LogP contribution in [0.2, 0.25) is 0 Å². The number of ether oxygens (including phenoxy) is 1. The van der Waals surface area contributed by atoms with Crippen LogP contribution in [0.4, 0.5) is 14.6 Å². The fraction of sp³-hybridized carbons (Fsp3) is 0.100. The number of nitrogens with zero attached hydrogens (tertiary/aromatic N) is 4. The van der Waals surface area contributed by atoms with E-state index in [1.54, 1.807) is 37.6 Å². The van der Waals surface area contributed by atoms with Gasteiger partial charge in [-0.05, 0) is 35.9 Å². The number of methoxy groups -OCH3 is 1. The van der Waals surface area contributed by atoms with Gasteiger partial charge in [-0.15, -0.1) is 0 Å². The van der Waals surface area contributed by atoms with Crippen LogP contribution >= 0.6 is 0 Å². The molecule has 0 radical (unpaired) electrons. The highest BCUT2D eigenvalue weighted by atomic mass is 19.1. The van der Waals surface area contributed by atoms with E-state index >= 15 is 0 Å². The first kappa shape index (κ1) is 17.7. The average molecular weight is 379 g/mol. The standard InChI is InChI=1S/C20H15F2N5O/c1-23-20-15-6-12(14-8-13(21)10-25-18(14)22)7-16(28-2)17(15)26-19(27-20)11-4-3-5-24-9-11/h3-10H,1-2H3,(H,23,26,27). The van der Waals surface area contributed by atoms with Gasteiger partial charge in [0, 0.05) is 36.0 Å². The highest BCUT2D eigenvalue weighted by Gasteiger charge is 2.17. The third-order valence-electron chi connectivity index (χ3n) is 4.26. The van der Waals surface area contributed by atoms with Crippen LogP contribution in [0.25, 0.3) is 33.4 Å². The van der Waals surface area contributed by atoms with Gasteiger partial charge in [0.15, 0.2) is 5.82 Å². The van der Waals surface area contributed by atoms with Crippen LogP contribution in [0, 0.1) is 11.8 Å². The van der Waals surface area contributed by atoms with Crippen molar-refractivity contribution in [1.82, 2.24) is 19.9 Å². The maximum Gasteiger partial charge on any atom is 0.220 e. The van der Waals surface area contributed by atoms with Crippen LogP contribution in [-0.2, 0) is 0 Å². The number of hydrogen-bond donors (Lipinski definition) is 1. The van der Waals surface area contributed by atoms with Crippen LogP contribution in [0.15, 0.2) is 48.9 Å². The van der Waals surface area contributed by atoms with Crippen LogP contribution < -0.4 is 10.1 Å². The van der Waals surface area contributed by atoms with Gasteiger partial charge in [0.1, 0.15) is 22.9 Å². The molecule has 1 N–H and O–H groups in total. The van der Waals surface area contributed by atoms with Gasteiger partial charge in [-0.1, -0.05) is 0 Å². The summed E-state index contributed by atoms with van der Waals surface area (Å²) in [5, 5.41) is 3.63. The lowest BCUT2D eigenvalue weighted by Gasteiger charge is -2.13. The zero-order valence-electron chi connectivity index (χ0n) is 15.1. The molecule has 0 bridgehead atoms. The van der Waals surface area contributed by atoms with Gasteiger partial charge < -0.3 is 10.1 Å². The molecule has 28 heavy (non-hydrogen) atoms. The molecule has 0 aliphatic carbocycles. The minimum Gasteiger partial charge on any atom is -0.494 e. The Labute approximate surface area is 159 Å². The van der Waals surface area contributed by atoms with E-state index in [-0.39, 0.29) is 5.56 Å². The molecule has 3 heterocycles. The predicted molar refractivity (Wildman–Crippen MR) is 102 cm³/mol. The second kappa shape index (κ2) is 7.15. The maximum absolute atomic E-state index is 14.2. The van der Waals surface area contributed by atoms with Crippen molar-refractivity contribution >= 4 is 16.7 Å². The summed E-state index contributed by atoms with van der Waals surface area (Å²) in [5.41, 5.74) is 1.71. The molecule has 0 amide bonds. The number of halogens is 2. The summed E-state index contributed by atoms with van der Waals surface area (Å²) in [4.78, 5) is 16.7. The Morgan fingerprint density at radius 3 is 2.61 bits per heavy atom. The Morgan fingerprint density at radius 1 is 1.04 bits per heavy atom. The zero-order valence-corrected chi connectivity index (χ0v) is 15.1. The molecule has 4 aromatic rings. The van der Waals surface area contributed by atoms with E-state index < -0.39 is 11.8 Å². The van der Waals surface area contributed by atoms with E-state index in [1.165, 1.54) is 7.11 Å². The summed E-state index contributed by atoms with van der Waals surface area (Å²) >= 11 is 0. The smallest absolute Gasteiger partial charge is 0.220 e. The minimum atomic E-state index is -0.776. The van der Waals surface area contributed by atoms with Crippen molar-refractivity contribution in [2.24, 2.45) is 0 Å². The first-order valence-electron chi connectivity index (χ1n) is 8.40. The SMILES string of the molecule is CNc1nc(-c2cccnc2)nc2c(OC)cc(-c3cc(F)cnc3F)cc12. The van der Waals surface area contributed by atoms with Gasteiger partial charge in [-0.3, -0.25) is 4.98 Å². The third kappa shape index (κ3) is 3.09. The highest BCUT2D eigenvalue weighted by molar-refractivity contribution is 5.97. The lowest BCUT2D eigenvalue weighted by atomic mass is 10.0. The van der Waals surface area contributed by atoms with Gasteiger partial charge in [0.05, 0.1) is 13.3 Å². The largest absolute Gasteiger partial charge is 0.494 e. The predicted octanol–water partition coefficient (Wildman–Crippen LogP) is 4.08. The van der Waals surface area contributed by atoms with Crippen molar-refractivity contribution in [3.63, 3.8) is 0 Å². The van der Waals surface area contributed by atoms with Crippen LogP contribution in [0.3, 0.4) is 0 Å². The normalized spacial score (nSPS) is 10.9. The summed E-state index contributed by atoms with van der Waals surface area (Å²) in [6.45, 7) is 0. The van der Waals surface area contributed by atoms with Gasteiger partial charge in [0.25, 0.3) is 0 Å². The average Bonchev–Trinajstić information content (AvgIpc) is 2.74. The number of nitrogens with one attached hydrogen (secondary N) is 1. The van der Waals surface area contributed by atoms with Gasteiger partial charge >= 0.3 is 0 Å². The summed E-state index contributed by atoms with van der Waals surface area (Å²) in [6, 6.07) is 8.01. The van der Waals surface area contributed by atoms with Crippen molar-refractivity contribution in [2.45, 2.75) is 0 Å². The van der Waals surface area contributed by atoms with Crippen molar-refractivity contribution in [3.8, 4) is 28.3 Å². The van der Waals surface area contributed by atoms with E-state index in [9.17, 15) is 8.78 Å². The molecule has 0 aliphatic heterocycles. The Bertz CT molecular complexity index is 1170. The summed E-state index contributed by atoms with van der Waals surface area (Å²) in [6.07, 6.45) is 4.16. The molecule has 3 aromatic heterocycles. The Morgan fingerprint density at radius 2 is 1.89 bits per heavy atom. The molecule has 8 heteroatoms. The molecule has 0 atom stereocenters. The van der Waals surface area contributed by atoms with E-state index in [2.05, 4.69) is 25.3 Å². The van der Waals surface area contributed by atoms with Gasteiger partial charge in [-0.25, -0.2) is 19.3 Å². The summed E-state index contributed by atoms with van der Waals surface area (Å²) in [5.74, 6) is -0.0160. The zero-order chi connectivity index (χ0) is 19.7. The van der Waals surface area contributed by atoms with E-state index in [1.807, 2.05) is 6.07 Å². The first-order valence-corrected chi connectivity index (χ1v) is 8.40. The lowest BCUT2D eigenvalue weighted by molar-refractivity contribution is 0.419. The molecule has 0 saturated heterocycles. The molecule has 0 aliphatic rings. The number of rotatable bonds is 4. The lowest BCUT2D eigenvalue weighted by Crippen LogP contribution is -2.01. The monoisotopic (exact) mass is 379 g/mol. The number of benzene rings is 1. The number of fused-ring (bicyclic) bond motifs is 1. The number of hydrogen-bond acceptors (Lipinski definition) is 6. The number of aromatic nitrogens is 4. The topological polar surface area (TPSA) is 72.8 Å². The minimum absolute atomic E-state index is 0.0265. The first-order chi connectivity index (χ1) is 13.6. The van der Waals surface area contributed by atoms with Crippen LogP contribution in [-0.4, -0.2) is 34.1 Å². The molecular weight excluding hydrogens is 364 g/mol.